The van der Waals surface area contributed by atoms with E-state index >= 15 is 0 Å². The van der Waals surface area contributed by atoms with Crippen molar-refractivity contribution in [1.82, 2.24) is 19.6 Å². The normalized spacial score (nSPS) is 15.5. The average molecular weight is 416 g/mol. The fraction of sp³-hybridized carbons (Fsp3) is 0.500. The SMILES string of the molecule is CC(C)CN1CC([N+](=O)[O-])=C(c2cnn(Cc3ccccc3F)c2)N(CC(C)C)C1. The van der Waals surface area contributed by atoms with Gasteiger partial charge in [-0.25, -0.2) is 4.39 Å². The van der Waals surface area contributed by atoms with Gasteiger partial charge in [-0.05, 0) is 17.9 Å². The van der Waals surface area contributed by atoms with E-state index in [2.05, 4.69) is 42.6 Å². The second kappa shape index (κ2) is 9.38. The van der Waals surface area contributed by atoms with E-state index in [9.17, 15) is 14.5 Å². The first kappa shape index (κ1) is 22.0. The Kier molecular flexibility index (Phi) is 6.87. The van der Waals surface area contributed by atoms with Crippen LogP contribution in [0, 0.1) is 27.8 Å². The molecule has 0 spiro atoms. The lowest BCUT2D eigenvalue weighted by atomic mass is 10.1. The summed E-state index contributed by atoms with van der Waals surface area (Å²) in [6.45, 7) is 11.2. The molecule has 1 aromatic carbocycles. The van der Waals surface area contributed by atoms with Gasteiger partial charge in [-0.15, -0.1) is 0 Å². The van der Waals surface area contributed by atoms with E-state index in [1.807, 2.05) is 0 Å². The van der Waals surface area contributed by atoms with Gasteiger partial charge in [-0.2, -0.15) is 5.10 Å². The molecule has 0 N–H and O–H groups in total. The lowest BCUT2D eigenvalue weighted by Gasteiger charge is -2.38. The topological polar surface area (TPSA) is 67.4 Å². The Morgan fingerprint density at radius 3 is 2.50 bits per heavy atom. The highest BCUT2D eigenvalue weighted by Gasteiger charge is 2.34. The minimum Gasteiger partial charge on any atom is -0.352 e. The highest BCUT2D eigenvalue weighted by Crippen LogP contribution is 2.29. The summed E-state index contributed by atoms with van der Waals surface area (Å²) in [6, 6.07) is 6.57. The second-order valence-electron chi connectivity index (χ2n) is 8.73. The van der Waals surface area contributed by atoms with Crippen molar-refractivity contribution >= 4 is 5.70 Å². The fourth-order valence-electron chi connectivity index (χ4n) is 3.93. The number of rotatable bonds is 8. The van der Waals surface area contributed by atoms with Gasteiger partial charge in [0.25, 0.3) is 5.70 Å². The highest BCUT2D eigenvalue weighted by atomic mass is 19.1. The van der Waals surface area contributed by atoms with Crippen molar-refractivity contribution in [2.24, 2.45) is 11.8 Å². The molecule has 8 heteroatoms. The maximum Gasteiger partial charge on any atom is 0.283 e. The van der Waals surface area contributed by atoms with Crippen LogP contribution < -0.4 is 0 Å². The van der Waals surface area contributed by atoms with Gasteiger partial charge in [0.05, 0.1) is 30.9 Å². The van der Waals surface area contributed by atoms with Crippen molar-refractivity contribution in [3.8, 4) is 0 Å². The number of hydrogen-bond acceptors (Lipinski definition) is 5. The molecule has 0 saturated carbocycles. The van der Waals surface area contributed by atoms with Crippen molar-refractivity contribution in [2.45, 2.75) is 34.2 Å². The number of halogens is 1. The van der Waals surface area contributed by atoms with Gasteiger partial charge in [0, 0.05) is 30.4 Å². The van der Waals surface area contributed by atoms with Gasteiger partial charge >= 0.3 is 0 Å². The molecule has 0 atom stereocenters. The molecule has 0 aliphatic carbocycles. The summed E-state index contributed by atoms with van der Waals surface area (Å²) in [6.07, 6.45) is 3.42. The average Bonchev–Trinajstić information content (AvgIpc) is 3.10. The second-order valence-corrected chi connectivity index (χ2v) is 8.73. The molecule has 162 valence electrons. The molecular weight excluding hydrogens is 385 g/mol. The monoisotopic (exact) mass is 415 g/mol. The third-order valence-corrected chi connectivity index (χ3v) is 4.96. The molecule has 2 aromatic rings. The fourth-order valence-corrected chi connectivity index (χ4v) is 3.93. The van der Waals surface area contributed by atoms with Crippen LogP contribution in [0.25, 0.3) is 5.70 Å². The molecule has 30 heavy (non-hydrogen) atoms. The molecule has 3 rings (SSSR count). The Balaban J connectivity index is 1.95. The lowest BCUT2D eigenvalue weighted by Crippen LogP contribution is -2.46. The van der Waals surface area contributed by atoms with Crippen LogP contribution in [0.5, 0.6) is 0 Å². The van der Waals surface area contributed by atoms with Crippen LogP contribution in [0.1, 0.15) is 38.8 Å². The number of nitrogens with zero attached hydrogens (tertiary/aromatic N) is 5. The molecule has 0 saturated heterocycles. The number of benzene rings is 1. The largest absolute Gasteiger partial charge is 0.352 e. The Labute approximate surface area is 176 Å². The van der Waals surface area contributed by atoms with Gasteiger partial charge in [0.1, 0.15) is 11.5 Å². The predicted molar refractivity (Wildman–Crippen MR) is 114 cm³/mol. The molecule has 0 unspecified atom stereocenters. The molecule has 0 bridgehead atoms. The van der Waals surface area contributed by atoms with Gasteiger partial charge in [-0.3, -0.25) is 19.7 Å². The highest BCUT2D eigenvalue weighted by molar-refractivity contribution is 5.66. The summed E-state index contributed by atoms with van der Waals surface area (Å²) >= 11 is 0. The van der Waals surface area contributed by atoms with Crippen LogP contribution in [0.15, 0.2) is 42.4 Å². The van der Waals surface area contributed by atoms with E-state index in [1.54, 1.807) is 35.3 Å². The lowest BCUT2D eigenvalue weighted by molar-refractivity contribution is -0.429. The van der Waals surface area contributed by atoms with Crippen molar-refractivity contribution in [1.29, 1.82) is 0 Å². The van der Waals surface area contributed by atoms with Crippen molar-refractivity contribution < 1.29 is 9.31 Å². The maximum absolute atomic E-state index is 14.0. The molecule has 1 aliphatic rings. The van der Waals surface area contributed by atoms with Gasteiger partial charge < -0.3 is 4.90 Å². The Morgan fingerprint density at radius 1 is 1.17 bits per heavy atom. The van der Waals surface area contributed by atoms with Crippen molar-refractivity contribution in [3.05, 3.63) is 69.4 Å². The molecule has 2 heterocycles. The standard InChI is InChI=1S/C22H30FN5O2/c1-16(2)10-25-14-21(28(29)30)22(26(15-25)11-17(3)4)19-9-24-27(13-19)12-18-7-5-6-8-20(18)23/h5-9,13,16-17H,10-12,14-15H2,1-4H3. The number of hydrogen-bond donors (Lipinski definition) is 0. The molecular formula is C22H30FN5O2. The Bertz CT molecular complexity index is 922. The summed E-state index contributed by atoms with van der Waals surface area (Å²) in [5, 5.41) is 16.3. The van der Waals surface area contributed by atoms with Gasteiger partial charge in [-0.1, -0.05) is 45.9 Å². The third kappa shape index (κ3) is 5.24. The first-order valence-electron chi connectivity index (χ1n) is 10.4. The van der Waals surface area contributed by atoms with Crippen LogP contribution in [-0.2, 0) is 6.54 Å². The van der Waals surface area contributed by atoms with E-state index in [1.165, 1.54) is 6.07 Å². The van der Waals surface area contributed by atoms with Crippen molar-refractivity contribution in [2.75, 3.05) is 26.3 Å². The number of nitro groups is 1. The zero-order chi connectivity index (χ0) is 21.8. The summed E-state index contributed by atoms with van der Waals surface area (Å²) in [5.41, 5.74) is 2.03. The van der Waals surface area contributed by atoms with E-state index in [0.717, 1.165) is 6.54 Å². The third-order valence-electron chi connectivity index (χ3n) is 4.96. The molecule has 0 amide bonds. The molecule has 1 aliphatic heterocycles. The zero-order valence-electron chi connectivity index (χ0n) is 18.1. The number of aromatic nitrogens is 2. The molecule has 0 radical (unpaired) electrons. The summed E-state index contributed by atoms with van der Waals surface area (Å²) in [5.74, 6) is 0.479. The van der Waals surface area contributed by atoms with Crippen LogP contribution >= 0.6 is 0 Å². The predicted octanol–water partition coefficient (Wildman–Crippen LogP) is 3.90. The molecule has 7 nitrogen and oxygen atoms in total. The van der Waals surface area contributed by atoms with Crippen LogP contribution in [0.2, 0.25) is 0 Å². The Morgan fingerprint density at radius 2 is 1.87 bits per heavy atom. The first-order valence-corrected chi connectivity index (χ1v) is 10.4. The minimum absolute atomic E-state index is 0.188. The van der Waals surface area contributed by atoms with E-state index in [0.29, 0.717) is 48.4 Å². The van der Waals surface area contributed by atoms with Crippen LogP contribution in [-0.4, -0.2) is 50.8 Å². The maximum atomic E-state index is 14.0. The van der Waals surface area contributed by atoms with E-state index in [-0.39, 0.29) is 23.0 Å². The van der Waals surface area contributed by atoms with E-state index < -0.39 is 0 Å². The Hall–Kier alpha value is -2.74. The molecule has 0 fully saturated rings. The summed E-state index contributed by atoms with van der Waals surface area (Å²) in [4.78, 5) is 15.9. The first-order chi connectivity index (χ1) is 14.2. The van der Waals surface area contributed by atoms with Crippen LogP contribution in [0.3, 0.4) is 0 Å². The van der Waals surface area contributed by atoms with Crippen molar-refractivity contribution in [3.63, 3.8) is 0 Å². The van der Waals surface area contributed by atoms with Gasteiger partial charge in [0.2, 0.25) is 0 Å². The van der Waals surface area contributed by atoms with Crippen LogP contribution in [0.4, 0.5) is 4.39 Å². The minimum atomic E-state index is -0.289. The van der Waals surface area contributed by atoms with E-state index in [4.69, 9.17) is 0 Å². The quantitative estimate of drug-likeness (QED) is 0.483. The zero-order valence-corrected chi connectivity index (χ0v) is 18.1. The molecule has 1 aromatic heterocycles. The summed E-state index contributed by atoms with van der Waals surface area (Å²) < 4.78 is 15.6. The smallest absolute Gasteiger partial charge is 0.283 e. The van der Waals surface area contributed by atoms with Gasteiger partial charge in [0.15, 0.2) is 0 Å². The summed E-state index contributed by atoms with van der Waals surface area (Å²) in [7, 11) is 0.